The van der Waals surface area contributed by atoms with Crippen LogP contribution in [0.3, 0.4) is 0 Å². The van der Waals surface area contributed by atoms with Crippen LogP contribution in [0, 0.1) is 18.2 Å². The van der Waals surface area contributed by atoms with Gasteiger partial charge < -0.3 is 9.47 Å². The average molecular weight is 320 g/mol. The first-order valence-corrected chi connectivity index (χ1v) is 8.08. The molecule has 1 saturated heterocycles. The molecule has 2 aromatic carbocycles. The minimum Gasteiger partial charge on any atom is -0.348 e. The maximum absolute atomic E-state index is 14.6. The molecule has 1 aliphatic heterocycles. The molecule has 0 aromatic heterocycles. The second kappa shape index (κ2) is 6.24. The van der Waals surface area contributed by atoms with E-state index >= 15 is 0 Å². The summed E-state index contributed by atoms with van der Waals surface area (Å²) in [6.45, 7) is 1.29. The Morgan fingerprint density at radius 1 is 1.08 bits per heavy atom. The van der Waals surface area contributed by atoms with E-state index in [2.05, 4.69) is 5.92 Å². The molecular formula is C21H17FO2. The lowest BCUT2D eigenvalue weighted by molar-refractivity contribution is -0.183. The van der Waals surface area contributed by atoms with Crippen molar-refractivity contribution >= 4 is 11.6 Å². The minimum absolute atomic E-state index is 0.249. The van der Waals surface area contributed by atoms with Gasteiger partial charge in [-0.15, -0.1) is 6.42 Å². The summed E-state index contributed by atoms with van der Waals surface area (Å²) in [5.74, 6) is 2.39. The first kappa shape index (κ1) is 15.1. The molecule has 1 aliphatic carbocycles. The summed E-state index contributed by atoms with van der Waals surface area (Å²) < 4.78 is 25.7. The van der Waals surface area contributed by atoms with E-state index in [0.29, 0.717) is 25.2 Å². The monoisotopic (exact) mass is 320 g/mol. The van der Waals surface area contributed by atoms with Gasteiger partial charge in [0.25, 0.3) is 0 Å². The summed E-state index contributed by atoms with van der Waals surface area (Å²) in [6.07, 6.45) is 8.59. The maximum atomic E-state index is 14.6. The smallest absolute Gasteiger partial charge is 0.183 e. The first-order chi connectivity index (χ1) is 11.7. The van der Waals surface area contributed by atoms with Crippen LogP contribution in [0.1, 0.15) is 40.5 Å². The molecule has 0 N–H and O–H groups in total. The van der Waals surface area contributed by atoms with Crippen LogP contribution >= 0.6 is 0 Å². The summed E-state index contributed by atoms with van der Waals surface area (Å²) >= 11 is 0. The summed E-state index contributed by atoms with van der Waals surface area (Å²) in [4.78, 5) is 0. The molecule has 1 heterocycles. The number of hydrogen-bond donors (Lipinski definition) is 0. The van der Waals surface area contributed by atoms with Crippen LogP contribution in [-0.2, 0) is 15.9 Å². The molecule has 3 heteroatoms. The third-order valence-electron chi connectivity index (χ3n) is 4.46. The molecule has 2 aliphatic rings. The quantitative estimate of drug-likeness (QED) is 0.766. The Balaban J connectivity index is 1.60. The zero-order valence-corrected chi connectivity index (χ0v) is 13.2. The maximum Gasteiger partial charge on any atom is 0.183 e. The third kappa shape index (κ3) is 2.75. The number of rotatable bonds is 2. The van der Waals surface area contributed by atoms with Gasteiger partial charge in [0.2, 0.25) is 0 Å². The lowest BCUT2D eigenvalue weighted by Crippen LogP contribution is -2.17. The Morgan fingerprint density at radius 2 is 1.92 bits per heavy atom. The number of allylic oxidation sites excluding steroid dienone is 1. The Labute approximate surface area is 140 Å². The number of fused-ring (bicyclic) bond motifs is 1. The van der Waals surface area contributed by atoms with E-state index < -0.39 is 6.29 Å². The van der Waals surface area contributed by atoms with Crippen LogP contribution in [0.25, 0.3) is 11.6 Å². The number of hydrogen-bond acceptors (Lipinski definition) is 2. The van der Waals surface area contributed by atoms with E-state index in [0.717, 1.165) is 34.2 Å². The van der Waals surface area contributed by atoms with Crippen molar-refractivity contribution in [1.29, 1.82) is 0 Å². The Hall–Kier alpha value is -2.41. The van der Waals surface area contributed by atoms with Crippen LogP contribution in [-0.4, -0.2) is 13.2 Å². The predicted octanol–water partition coefficient (Wildman–Crippen LogP) is 4.34. The SMILES string of the molecule is C#Cc1ccc2c(c1)CC(c1ccc(C3OCCCO3)cc1F)=C2. The van der Waals surface area contributed by atoms with Gasteiger partial charge >= 0.3 is 0 Å². The van der Waals surface area contributed by atoms with Gasteiger partial charge in [-0.1, -0.05) is 30.2 Å². The van der Waals surface area contributed by atoms with Gasteiger partial charge in [0.05, 0.1) is 13.2 Å². The second-order valence-corrected chi connectivity index (χ2v) is 6.07. The van der Waals surface area contributed by atoms with E-state index in [9.17, 15) is 4.39 Å². The van der Waals surface area contributed by atoms with E-state index in [1.165, 1.54) is 6.07 Å². The highest BCUT2D eigenvalue weighted by molar-refractivity contribution is 5.89. The molecule has 0 unspecified atom stereocenters. The Bertz CT molecular complexity index is 855. The van der Waals surface area contributed by atoms with Crippen molar-refractivity contribution in [1.82, 2.24) is 0 Å². The van der Waals surface area contributed by atoms with Crippen LogP contribution in [0.2, 0.25) is 0 Å². The standard InChI is InChI=1S/C21H17FO2/c1-2-14-4-5-15-11-18(12-17(15)10-14)19-7-6-16(13-20(19)22)21-23-8-3-9-24-21/h1,4-7,10-11,13,21H,3,8-9,12H2. The largest absolute Gasteiger partial charge is 0.348 e. The van der Waals surface area contributed by atoms with Gasteiger partial charge in [0, 0.05) is 16.7 Å². The van der Waals surface area contributed by atoms with Crippen molar-refractivity contribution in [3.05, 3.63) is 70.0 Å². The lowest BCUT2D eigenvalue weighted by atomic mass is 10.0. The lowest BCUT2D eigenvalue weighted by Gasteiger charge is -2.23. The molecule has 0 amide bonds. The fourth-order valence-electron chi connectivity index (χ4n) is 3.22. The van der Waals surface area contributed by atoms with E-state index in [4.69, 9.17) is 15.9 Å². The molecular weight excluding hydrogens is 303 g/mol. The van der Waals surface area contributed by atoms with Crippen LogP contribution in [0.4, 0.5) is 4.39 Å². The fraction of sp³-hybridized carbons (Fsp3) is 0.238. The predicted molar refractivity (Wildman–Crippen MR) is 91.6 cm³/mol. The number of ether oxygens (including phenoxy) is 2. The summed E-state index contributed by atoms with van der Waals surface area (Å²) in [5.41, 5.74) is 5.41. The average Bonchev–Trinajstić information content (AvgIpc) is 3.05. The highest BCUT2D eigenvalue weighted by Crippen LogP contribution is 2.34. The van der Waals surface area contributed by atoms with E-state index in [-0.39, 0.29) is 5.82 Å². The first-order valence-electron chi connectivity index (χ1n) is 8.08. The summed E-state index contributed by atoms with van der Waals surface area (Å²) in [6, 6.07) is 11.1. The van der Waals surface area contributed by atoms with Crippen molar-refractivity contribution < 1.29 is 13.9 Å². The van der Waals surface area contributed by atoms with Gasteiger partial charge in [0.1, 0.15) is 5.82 Å². The van der Waals surface area contributed by atoms with Crippen molar-refractivity contribution in [3.8, 4) is 12.3 Å². The molecule has 0 saturated carbocycles. The molecule has 2 aromatic rings. The number of terminal acetylenes is 1. The van der Waals surface area contributed by atoms with Crippen molar-refractivity contribution in [2.24, 2.45) is 0 Å². The van der Waals surface area contributed by atoms with Crippen molar-refractivity contribution in [2.75, 3.05) is 13.2 Å². The molecule has 2 nitrogen and oxygen atoms in total. The molecule has 0 radical (unpaired) electrons. The van der Waals surface area contributed by atoms with E-state index in [1.807, 2.05) is 36.4 Å². The van der Waals surface area contributed by atoms with Crippen LogP contribution < -0.4 is 0 Å². The topological polar surface area (TPSA) is 18.5 Å². The summed E-state index contributed by atoms with van der Waals surface area (Å²) in [7, 11) is 0. The van der Waals surface area contributed by atoms with Gasteiger partial charge in [-0.3, -0.25) is 0 Å². The molecule has 24 heavy (non-hydrogen) atoms. The zero-order valence-electron chi connectivity index (χ0n) is 13.2. The number of halogens is 1. The third-order valence-corrected chi connectivity index (χ3v) is 4.46. The molecule has 1 fully saturated rings. The molecule has 0 atom stereocenters. The summed E-state index contributed by atoms with van der Waals surface area (Å²) in [5, 5.41) is 0. The normalized spacial score (nSPS) is 17.2. The highest BCUT2D eigenvalue weighted by atomic mass is 19.1. The van der Waals surface area contributed by atoms with Gasteiger partial charge in [-0.05, 0) is 47.7 Å². The molecule has 4 rings (SSSR count). The zero-order chi connectivity index (χ0) is 16.5. The Kier molecular flexibility index (Phi) is 3.93. The molecule has 0 spiro atoms. The van der Waals surface area contributed by atoms with E-state index in [1.54, 1.807) is 0 Å². The van der Waals surface area contributed by atoms with Crippen LogP contribution in [0.15, 0.2) is 36.4 Å². The highest BCUT2D eigenvalue weighted by Gasteiger charge is 2.21. The van der Waals surface area contributed by atoms with Crippen LogP contribution in [0.5, 0.6) is 0 Å². The van der Waals surface area contributed by atoms with Gasteiger partial charge in [-0.2, -0.15) is 0 Å². The minimum atomic E-state index is -0.463. The molecule has 0 bridgehead atoms. The van der Waals surface area contributed by atoms with Crippen molar-refractivity contribution in [3.63, 3.8) is 0 Å². The fourth-order valence-corrected chi connectivity index (χ4v) is 3.22. The number of benzene rings is 2. The van der Waals surface area contributed by atoms with Crippen molar-refractivity contribution in [2.45, 2.75) is 19.1 Å². The Morgan fingerprint density at radius 3 is 2.67 bits per heavy atom. The second-order valence-electron chi connectivity index (χ2n) is 6.07. The van der Waals surface area contributed by atoms with Gasteiger partial charge in [0.15, 0.2) is 6.29 Å². The van der Waals surface area contributed by atoms with Gasteiger partial charge in [-0.25, -0.2) is 4.39 Å². The molecule has 120 valence electrons.